The van der Waals surface area contributed by atoms with Crippen molar-refractivity contribution in [3.8, 4) is 6.01 Å². The molecule has 0 aliphatic heterocycles. The molecule has 0 unspecified atom stereocenters. The highest BCUT2D eigenvalue weighted by molar-refractivity contribution is 5.35. The van der Waals surface area contributed by atoms with E-state index < -0.39 is 0 Å². The maximum absolute atomic E-state index is 9.29. The quantitative estimate of drug-likeness (QED) is 0.395. The number of aromatic nitrogens is 3. The fourth-order valence-electron chi connectivity index (χ4n) is 1.33. The molecule has 0 spiro atoms. The molecule has 0 radical (unpaired) electrons. The second-order valence-electron chi connectivity index (χ2n) is 4.44. The summed E-state index contributed by atoms with van der Waals surface area (Å²) in [5.74, 6) is 6.07. The van der Waals surface area contributed by atoms with Crippen LogP contribution in [0.15, 0.2) is 0 Å². The first-order valence-electron chi connectivity index (χ1n) is 6.33. The van der Waals surface area contributed by atoms with Crippen molar-refractivity contribution in [3.63, 3.8) is 0 Å². The molecule has 0 aliphatic rings. The molecule has 1 heterocycles. The number of hydrogen-bond acceptors (Lipinski definition) is 8. The van der Waals surface area contributed by atoms with Gasteiger partial charge in [0.05, 0.1) is 19.3 Å². The normalized spacial score (nSPS) is 12.3. The number of hydrazine groups is 1. The zero-order valence-corrected chi connectivity index (χ0v) is 11.6. The van der Waals surface area contributed by atoms with Gasteiger partial charge in [-0.2, -0.15) is 15.0 Å². The standard InChI is InChI=1S/C11H22N6O2/c1-4-5-19-11-15-9(14-10(16-11)17-12)13-8(6-18)7(2)3/h7-8,18H,4-6,12H2,1-3H3,(H2,13,14,15,16,17)/t8-/m1/s1. The van der Waals surface area contributed by atoms with E-state index in [0.717, 1.165) is 6.42 Å². The topological polar surface area (TPSA) is 118 Å². The van der Waals surface area contributed by atoms with Crippen molar-refractivity contribution >= 4 is 11.9 Å². The molecule has 8 nitrogen and oxygen atoms in total. The summed E-state index contributed by atoms with van der Waals surface area (Å²) in [6.07, 6.45) is 0.852. The van der Waals surface area contributed by atoms with Gasteiger partial charge in [-0.15, -0.1) is 0 Å². The molecule has 0 saturated heterocycles. The molecule has 0 amide bonds. The number of rotatable bonds is 8. The number of nitrogens with one attached hydrogen (secondary N) is 2. The Morgan fingerprint density at radius 2 is 1.95 bits per heavy atom. The highest BCUT2D eigenvalue weighted by atomic mass is 16.5. The van der Waals surface area contributed by atoms with E-state index in [1.165, 1.54) is 0 Å². The van der Waals surface area contributed by atoms with Gasteiger partial charge in [0.15, 0.2) is 0 Å². The molecule has 0 aromatic carbocycles. The highest BCUT2D eigenvalue weighted by Gasteiger charge is 2.15. The van der Waals surface area contributed by atoms with Crippen LogP contribution < -0.4 is 21.3 Å². The SMILES string of the molecule is CCCOc1nc(NN)nc(N[C@H](CO)C(C)C)n1. The molecule has 0 saturated carbocycles. The van der Waals surface area contributed by atoms with Gasteiger partial charge >= 0.3 is 6.01 Å². The van der Waals surface area contributed by atoms with E-state index in [1.54, 1.807) is 0 Å². The summed E-state index contributed by atoms with van der Waals surface area (Å²) < 4.78 is 5.35. The number of hydrogen-bond donors (Lipinski definition) is 4. The lowest BCUT2D eigenvalue weighted by molar-refractivity contribution is 0.248. The highest BCUT2D eigenvalue weighted by Crippen LogP contribution is 2.13. The van der Waals surface area contributed by atoms with Crippen molar-refractivity contribution in [2.45, 2.75) is 33.2 Å². The molecule has 1 aromatic heterocycles. The zero-order valence-electron chi connectivity index (χ0n) is 11.6. The van der Waals surface area contributed by atoms with E-state index in [2.05, 4.69) is 25.7 Å². The predicted molar refractivity (Wildman–Crippen MR) is 72.8 cm³/mol. The molecule has 8 heteroatoms. The summed E-state index contributed by atoms with van der Waals surface area (Å²) in [6, 6.07) is 0.0554. The first-order valence-corrected chi connectivity index (χ1v) is 6.33. The second kappa shape index (κ2) is 7.70. The maximum atomic E-state index is 9.29. The molecule has 0 fully saturated rings. The molecule has 0 bridgehead atoms. The molecule has 1 aromatic rings. The van der Waals surface area contributed by atoms with Crippen molar-refractivity contribution in [2.75, 3.05) is 24.0 Å². The number of aliphatic hydroxyl groups is 1. The maximum Gasteiger partial charge on any atom is 0.323 e. The van der Waals surface area contributed by atoms with Crippen molar-refractivity contribution in [3.05, 3.63) is 0 Å². The smallest absolute Gasteiger partial charge is 0.323 e. The van der Waals surface area contributed by atoms with Crippen LogP contribution in [0.2, 0.25) is 0 Å². The third-order valence-corrected chi connectivity index (χ3v) is 2.50. The van der Waals surface area contributed by atoms with Crippen LogP contribution in [-0.4, -0.2) is 39.3 Å². The Hall–Kier alpha value is -1.67. The fraction of sp³-hybridized carbons (Fsp3) is 0.727. The van der Waals surface area contributed by atoms with E-state index in [-0.39, 0.29) is 30.5 Å². The van der Waals surface area contributed by atoms with Crippen LogP contribution in [-0.2, 0) is 0 Å². The number of ether oxygens (including phenoxy) is 1. The fourth-order valence-corrected chi connectivity index (χ4v) is 1.33. The van der Waals surface area contributed by atoms with E-state index in [4.69, 9.17) is 10.6 Å². The third-order valence-electron chi connectivity index (χ3n) is 2.50. The largest absolute Gasteiger partial charge is 0.463 e. The molecular formula is C11H22N6O2. The Balaban J connectivity index is 2.86. The lowest BCUT2D eigenvalue weighted by Gasteiger charge is -2.20. The van der Waals surface area contributed by atoms with Gasteiger partial charge in [-0.05, 0) is 12.3 Å². The average Bonchev–Trinajstić information content (AvgIpc) is 2.41. The van der Waals surface area contributed by atoms with Crippen molar-refractivity contribution in [1.82, 2.24) is 15.0 Å². The first-order chi connectivity index (χ1) is 9.10. The lowest BCUT2D eigenvalue weighted by atomic mass is 10.1. The van der Waals surface area contributed by atoms with Crippen LogP contribution in [0.5, 0.6) is 6.01 Å². The van der Waals surface area contributed by atoms with Crippen LogP contribution in [0.4, 0.5) is 11.9 Å². The van der Waals surface area contributed by atoms with Crippen LogP contribution in [0.25, 0.3) is 0 Å². The van der Waals surface area contributed by atoms with Gasteiger partial charge in [-0.1, -0.05) is 20.8 Å². The summed E-state index contributed by atoms with van der Waals surface area (Å²) >= 11 is 0. The van der Waals surface area contributed by atoms with Gasteiger partial charge in [0.25, 0.3) is 0 Å². The van der Waals surface area contributed by atoms with Crippen molar-refractivity contribution < 1.29 is 9.84 Å². The van der Waals surface area contributed by atoms with Crippen LogP contribution in [0.1, 0.15) is 27.2 Å². The molecular weight excluding hydrogens is 248 g/mol. The van der Waals surface area contributed by atoms with Crippen LogP contribution in [0.3, 0.4) is 0 Å². The summed E-state index contributed by atoms with van der Waals surface area (Å²) in [7, 11) is 0. The van der Waals surface area contributed by atoms with E-state index >= 15 is 0 Å². The molecule has 108 valence electrons. The summed E-state index contributed by atoms with van der Waals surface area (Å²) in [5, 5.41) is 12.3. The third kappa shape index (κ3) is 4.84. The minimum atomic E-state index is -0.146. The number of nitrogen functional groups attached to an aromatic ring is 1. The molecule has 1 rings (SSSR count). The van der Waals surface area contributed by atoms with Gasteiger partial charge in [-0.3, -0.25) is 5.43 Å². The van der Waals surface area contributed by atoms with Crippen LogP contribution >= 0.6 is 0 Å². The minimum absolute atomic E-state index is 0.0140. The Bertz CT molecular complexity index is 387. The number of anilines is 2. The van der Waals surface area contributed by atoms with E-state index in [9.17, 15) is 5.11 Å². The Morgan fingerprint density at radius 1 is 1.26 bits per heavy atom. The van der Waals surface area contributed by atoms with E-state index in [1.807, 2.05) is 20.8 Å². The Kier molecular flexibility index (Phi) is 6.23. The monoisotopic (exact) mass is 270 g/mol. The molecule has 1 atom stereocenters. The zero-order chi connectivity index (χ0) is 14.3. The number of nitrogens with two attached hydrogens (primary N) is 1. The van der Waals surface area contributed by atoms with Gasteiger partial charge in [0, 0.05) is 0 Å². The minimum Gasteiger partial charge on any atom is -0.463 e. The summed E-state index contributed by atoms with van der Waals surface area (Å²) in [6.45, 7) is 6.47. The lowest BCUT2D eigenvalue weighted by Crippen LogP contribution is -2.30. The van der Waals surface area contributed by atoms with Gasteiger partial charge < -0.3 is 15.2 Å². The molecule has 19 heavy (non-hydrogen) atoms. The van der Waals surface area contributed by atoms with Gasteiger partial charge in [0.2, 0.25) is 11.9 Å². The Labute approximate surface area is 112 Å². The Morgan fingerprint density at radius 3 is 2.47 bits per heavy atom. The van der Waals surface area contributed by atoms with E-state index in [0.29, 0.717) is 12.6 Å². The van der Waals surface area contributed by atoms with Crippen molar-refractivity contribution in [2.24, 2.45) is 11.8 Å². The molecule has 0 aliphatic carbocycles. The van der Waals surface area contributed by atoms with Gasteiger partial charge in [0.1, 0.15) is 0 Å². The van der Waals surface area contributed by atoms with Gasteiger partial charge in [-0.25, -0.2) is 5.84 Å². The van der Waals surface area contributed by atoms with Crippen molar-refractivity contribution in [1.29, 1.82) is 0 Å². The number of aliphatic hydroxyl groups excluding tert-OH is 1. The molecule has 5 N–H and O–H groups in total. The summed E-state index contributed by atoms with van der Waals surface area (Å²) in [4.78, 5) is 12.2. The number of nitrogens with zero attached hydrogens (tertiary/aromatic N) is 3. The summed E-state index contributed by atoms with van der Waals surface area (Å²) in [5.41, 5.74) is 2.36. The second-order valence-corrected chi connectivity index (χ2v) is 4.44. The van der Waals surface area contributed by atoms with Crippen LogP contribution in [0, 0.1) is 5.92 Å². The average molecular weight is 270 g/mol. The predicted octanol–water partition coefficient (Wildman–Crippen LogP) is 0.375. The first kappa shape index (κ1) is 15.4.